The molecule has 0 aromatic carbocycles. The highest BCUT2D eigenvalue weighted by atomic mass is 16.2. The number of hydrogen-bond acceptors (Lipinski definition) is 3. The topological polar surface area (TPSA) is 63.1 Å². The van der Waals surface area contributed by atoms with Crippen molar-refractivity contribution in [1.82, 2.24) is 24.8 Å². The SMILES string of the molecule is Cc1cn2c(n1)C(CNC(=O)N1CCC(c3ccncc3)CC1)CCC2. The smallest absolute Gasteiger partial charge is 0.317 e. The molecule has 0 bridgehead atoms. The van der Waals surface area contributed by atoms with Crippen LogP contribution in [-0.2, 0) is 6.54 Å². The Morgan fingerprint density at radius 2 is 1.96 bits per heavy atom. The summed E-state index contributed by atoms with van der Waals surface area (Å²) >= 11 is 0. The van der Waals surface area contributed by atoms with Crippen LogP contribution in [0.1, 0.15) is 54.6 Å². The summed E-state index contributed by atoms with van der Waals surface area (Å²) in [5.41, 5.74) is 2.40. The summed E-state index contributed by atoms with van der Waals surface area (Å²) in [4.78, 5) is 23.3. The fraction of sp³-hybridized carbons (Fsp3) is 0.550. The largest absolute Gasteiger partial charge is 0.337 e. The second-order valence-electron chi connectivity index (χ2n) is 7.50. The third-order valence-corrected chi connectivity index (χ3v) is 5.70. The Morgan fingerprint density at radius 1 is 1.19 bits per heavy atom. The first-order valence-electron chi connectivity index (χ1n) is 9.67. The normalized spacial score (nSPS) is 20.7. The summed E-state index contributed by atoms with van der Waals surface area (Å²) in [6.45, 7) is 5.39. The van der Waals surface area contributed by atoms with Gasteiger partial charge in [0.1, 0.15) is 5.82 Å². The van der Waals surface area contributed by atoms with Gasteiger partial charge in [-0.2, -0.15) is 0 Å². The zero-order chi connectivity index (χ0) is 17.9. The van der Waals surface area contributed by atoms with Crippen LogP contribution in [0.2, 0.25) is 0 Å². The second-order valence-corrected chi connectivity index (χ2v) is 7.50. The van der Waals surface area contributed by atoms with E-state index in [0.717, 1.165) is 56.8 Å². The highest BCUT2D eigenvalue weighted by molar-refractivity contribution is 5.74. The van der Waals surface area contributed by atoms with E-state index in [0.29, 0.717) is 18.4 Å². The minimum atomic E-state index is 0.0681. The molecule has 138 valence electrons. The Balaban J connectivity index is 1.29. The zero-order valence-electron chi connectivity index (χ0n) is 15.4. The van der Waals surface area contributed by atoms with E-state index >= 15 is 0 Å². The van der Waals surface area contributed by atoms with Crippen molar-refractivity contribution in [3.05, 3.63) is 47.8 Å². The van der Waals surface area contributed by atoms with E-state index in [1.165, 1.54) is 5.56 Å². The maximum Gasteiger partial charge on any atom is 0.317 e. The van der Waals surface area contributed by atoms with Gasteiger partial charge in [0.15, 0.2) is 0 Å². The Morgan fingerprint density at radius 3 is 2.73 bits per heavy atom. The third-order valence-electron chi connectivity index (χ3n) is 5.70. The van der Waals surface area contributed by atoms with Gasteiger partial charge < -0.3 is 14.8 Å². The number of imidazole rings is 1. The van der Waals surface area contributed by atoms with Gasteiger partial charge in [0.2, 0.25) is 0 Å². The quantitative estimate of drug-likeness (QED) is 0.922. The highest BCUT2D eigenvalue weighted by Gasteiger charge is 2.26. The molecule has 2 aromatic heterocycles. The van der Waals surface area contributed by atoms with Gasteiger partial charge >= 0.3 is 6.03 Å². The third kappa shape index (κ3) is 3.59. The van der Waals surface area contributed by atoms with Gasteiger partial charge in [-0.1, -0.05) is 0 Å². The molecule has 1 saturated heterocycles. The Hall–Kier alpha value is -2.37. The molecule has 2 aliphatic rings. The van der Waals surface area contributed by atoms with Crippen LogP contribution in [0.25, 0.3) is 0 Å². The number of piperidine rings is 1. The predicted octanol–water partition coefficient (Wildman–Crippen LogP) is 3.05. The van der Waals surface area contributed by atoms with E-state index in [4.69, 9.17) is 0 Å². The van der Waals surface area contributed by atoms with Gasteiger partial charge in [0.05, 0.1) is 5.69 Å². The van der Waals surface area contributed by atoms with Crippen molar-refractivity contribution < 1.29 is 4.79 Å². The van der Waals surface area contributed by atoms with Crippen molar-refractivity contribution in [1.29, 1.82) is 0 Å². The summed E-state index contributed by atoms with van der Waals surface area (Å²) in [5, 5.41) is 3.15. The van der Waals surface area contributed by atoms with E-state index in [-0.39, 0.29) is 6.03 Å². The number of carbonyl (C=O) groups is 1. The number of pyridine rings is 1. The molecule has 0 aliphatic carbocycles. The fourth-order valence-corrected chi connectivity index (χ4v) is 4.27. The van der Waals surface area contributed by atoms with E-state index in [2.05, 4.69) is 38.2 Å². The van der Waals surface area contributed by atoms with Crippen LogP contribution in [0.4, 0.5) is 4.79 Å². The number of amides is 2. The molecule has 0 saturated carbocycles. The molecule has 2 aromatic rings. The maximum absolute atomic E-state index is 12.6. The van der Waals surface area contributed by atoms with Crippen LogP contribution in [-0.4, -0.2) is 45.1 Å². The zero-order valence-corrected chi connectivity index (χ0v) is 15.4. The van der Waals surface area contributed by atoms with E-state index in [9.17, 15) is 4.79 Å². The van der Waals surface area contributed by atoms with Crippen LogP contribution in [0.3, 0.4) is 0 Å². The van der Waals surface area contributed by atoms with E-state index < -0.39 is 0 Å². The number of rotatable bonds is 3. The van der Waals surface area contributed by atoms with Crippen LogP contribution in [0.5, 0.6) is 0 Å². The molecule has 4 rings (SSSR count). The number of hydrogen-bond donors (Lipinski definition) is 1. The lowest BCUT2D eigenvalue weighted by Crippen LogP contribution is -2.45. The summed E-state index contributed by atoms with van der Waals surface area (Å²) in [6, 6.07) is 4.25. The van der Waals surface area contributed by atoms with Crippen LogP contribution >= 0.6 is 0 Å². The van der Waals surface area contributed by atoms with Crippen LogP contribution < -0.4 is 5.32 Å². The van der Waals surface area contributed by atoms with Crippen molar-refractivity contribution in [2.24, 2.45) is 0 Å². The molecule has 1 fully saturated rings. The predicted molar refractivity (Wildman–Crippen MR) is 100 cm³/mol. The number of urea groups is 1. The van der Waals surface area contributed by atoms with E-state index in [1.807, 2.05) is 24.2 Å². The van der Waals surface area contributed by atoms with Crippen molar-refractivity contribution >= 4 is 6.03 Å². The number of nitrogens with zero attached hydrogens (tertiary/aromatic N) is 4. The van der Waals surface area contributed by atoms with Gasteiger partial charge in [-0.15, -0.1) is 0 Å². The Labute approximate surface area is 154 Å². The van der Waals surface area contributed by atoms with Crippen molar-refractivity contribution in [3.8, 4) is 0 Å². The van der Waals surface area contributed by atoms with Gasteiger partial charge in [0, 0.05) is 50.7 Å². The molecule has 2 amide bonds. The molecule has 26 heavy (non-hydrogen) atoms. The summed E-state index contributed by atoms with van der Waals surface area (Å²) in [7, 11) is 0. The Kier molecular flexibility index (Phi) is 4.91. The molecular formula is C20H27N5O. The molecule has 1 atom stereocenters. The lowest BCUT2D eigenvalue weighted by molar-refractivity contribution is 0.180. The lowest BCUT2D eigenvalue weighted by atomic mass is 9.90. The highest BCUT2D eigenvalue weighted by Crippen LogP contribution is 2.28. The molecule has 2 aliphatic heterocycles. The van der Waals surface area contributed by atoms with Crippen molar-refractivity contribution in [2.75, 3.05) is 19.6 Å². The molecule has 6 heteroatoms. The lowest BCUT2D eigenvalue weighted by Gasteiger charge is -2.33. The number of likely N-dealkylation sites (tertiary alicyclic amines) is 1. The standard InChI is InChI=1S/C20H27N5O/c1-15-14-25-10-2-3-18(19(25)23-15)13-22-20(26)24-11-6-17(7-12-24)16-4-8-21-9-5-16/h4-5,8-9,14,17-18H,2-3,6-7,10-13H2,1H3,(H,22,26). The first kappa shape index (κ1) is 17.1. The van der Waals surface area contributed by atoms with Gasteiger partial charge in [0.25, 0.3) is 0 Å². The number of aromatic nitrogens is 3. The van der Waals surface area contributed by atoms with Crippen molar-refractivity contribution in [3.63, 3.8) is 0 Å². The average Bonchev–Trinajstić information content (AvgIpc) is 3.07. The number of nitrogens with one attached hydrogen (secondary N) is 1. The molecule has 6 nitrogen and oxygen atoms in total. The first-order chi connectivity index (χ1) is 12.7. The van der Waals surface area contributed by atoms with Gasteiger partial charge in [-0.3, -0.25) is 4.98 Å². The van der Waals surface area contributed by atoms with Crippen molar-refractivity contribution in [2.45, 2.75) is 51.0 Å². The van der Waals surface area contributed by atoms with Crippen LogP contribution in [0, 0.1) is 6.92 Å². The number of carbonyl (C=O) groups excluding carboxylic acids is 1. The molecule has 1 unspecified atom stereocenters. The number of fused-ring (bicyclic) bond motifs is 1. The first-order valence-corrected chi connectivity index (χ1v) is 9.67. The summed E-state index contributed by atoms with van der Waals surface area (Å²) in [5.74, 6) is 2.00. The molecule has 4 heterocycles. The molecule has 0 spiro atoms. The number of aryl methyl sites for hydroxylation is 2. The minimum Gasteiger partial charge on any atom is -0.337 e. The monoisotopic (exact) mass is 353 g/mol. The molecule has 1 N–H and O–H groups in total. The van der Waals surface area contributed by atoms with Gasteiger partial charge in [-0.25, -0.2) is 9.78 Å². The fourth-order valence-electron chi connectivity index (χ4n) is 4.27. The summed E-state index contributed by atoms with van der Waals surface area (Å²) < 4.78 is 2.25. The second kappa shape index (κ2) is 7.48. The summed E-state index contributed by atoms with van der Waals surface area (Å²) in [6.07, 6.45) is 10.1. The minimum absolute atomic E-state index is 0.0681. The molecular weight excluding hydrogens is 326 g/mol. The van der Waals surface area contributed by atoms with Gasteiger partial charge in [-0.05, 0) is 56.2 Å². The van der Waals surface area contributed by atoms with Crippen LogP contribution in [0.15, 0.2) is 30.7 Å². The average molecular weight is 353 g/mol. The Bertz CT molecular complexity index is 749. The molecule has 0 radical (unpaired) electrons. The van der Waals surface area contributed by atoms with E-state index in [1.54, 1.807) is 0 Å². The maximum atomic E-state index is 12.6.